The van der Waals surface area contributed by atoms with Gasteiger partial charge in [-0.2, -0.15) is 0 Å². The summed E-state index contributed by atoms with van der Waals surface area (Å²) in [4.78, 5) is 5.71. The van der Waals surface area contributed by atoms with Crippen molar-refractivity contribution in [3.05, 3.63) is 15.6 Å². The zero-order valence-corrected chi connectivity index (χ0v) is 10.8. The zero-order chi connectivity index (χ0) is 11.5. The molecule has 3 nitrogen and oxygen atoms in total. The summed E-state index contributed by atoms with van der Waals surface area (Å²) >= 11 is 1.75. The van der Waals surface area contributed by atoms with Gasteiger partial charge in [-0.15, -0.1) is 11.3 Å². The van der Waals surface area contributed by atoms with Crippen LogP contribution in [0.1, 0.15) is 41.3 Å². The van der Waals surface area contributed by atoms with Crippen LogP contribution in [-0.2, 0) is 6.54 Å². The van der Waals surface area contributed by atoms with Crippen molar-refractivity contribution < 1.29 is 5.11 Å². The van der Waals surface area contributed by atoms with Crippen LogP contribution in [0.3, 0.4) is 0 Å². The van der Waals surface area contributed by atoms with E-state index in [9.17, 15) is 5.11 Å². The minimum atomic E-state index is -0.164. The normalized spacial score (nSPS) is 25.9. The molecule has 0 bridgehead atoms. The monoisotopic (exact) mass is 240 g/mol. The number of aliphatic hydroxyl groups is 1. The van der Waals surface area contributed by atoms with Gasteiger partial charge in [0.25, 0.3) is 0 Å². The van der Waals surface area contributed by atoms with Crippen LogP contribution >= 0.6 is 11.3 Å². The predicted molar refractivity (Wildman–Crippen MR) is 66.7 cm³/mol. The Hall–Kier alpha value is -0.450. The van der Waals surface area contributed by atoms with Crippen molar-refractivity contribution >= 4 is 11.3 Å². The molecule has 1 aromatic heterocycles. The minimum Gasteiger partial charge on any atom is -0.392 e. The van der Waals surface area contributed by atoms with Crippen LogP contribution in [0.25, 0.3) is 0 Å². The van der Waals surface area contributed by atoms with E-state index in [4.69, 9.17) is 0 Å². The second-order valence-corrected chi connectivity index (χ2v) is 5.87. The molecule has 16 heavy (non-hydrogen) atoms. The molecule has 0 aliphatic heterocycles. The van der Waals surface area contributed by atoms with Crippen molar-refractivity contribution in [2.45, 2.75) is 58.2 Å². The van der Waals surface area contributed by atoms with Gasteiger partial charge in [0.2, 0.25) is 0 Å². The van der Waals surface area contributed by atoms with Crippen LogP contribution < -0.4 is 5.32 Å². The molecule has 2 N–H and O–H groups in total. The molecular weight excluding hydrogens is 220 g/mol. The SMILES string of the molecule is Cc1nc(C)c(CNC2CCCCC2O)s1. The molecule has 2 rings (SSSR count). The lowest BCUT2D eigenvalue weighted by molar-refractivity contribution is 0.0903. The number of rotatable bonds is 3. The molecule has 4 heteroatoms. The fraction of sp³-hybridized carbons (Fsp3) is 0.750. The second-order valence-electron chi connectivity index (χ2n) is 4.58. The number of aliphatic hydroxyl groups excluding tert-OH is 1. The molecule has 1 aliphatic carbocycles. The average molecular weight is 240 g/mol. The number of thiazole rings is 1. The van der Waals surface area contributed by atoms with Crippen molar-refractivity contribution in [2.24, 2.45) is 0 Å². The molecule has 1 saturated carbocycles. The van der Waals surface area contributed by atoms with E-state index in [2.05, 4.69) is 17.2 Å². The van der Waals surface area contributed by atoms with E-state index in [1.165, 1.54) is 11.3 Å². The van der Waals surface area contributed by atoms with Crippen LogP contribution in [0.5, 0.6) is 0 Å². The largest absolute Gasteiger partial charge is 0.392 e. The van der Waals surface area contributed by atoms with E-state index in [0.29, 0.717) is 0 Å². The van der Waals surface area contributed by atoms with Crippen molar-refractivity contribution in [2.75, 3.05) is 0 Å². The van der Waals surface area contributed by atoms with Crippen molar-refractivity contribution in [1.82, 2.24) is 10.3 Å². The Labute approximate surface area is 101 Å². The summed E-state index contributed by atoms with van der Waals surface area (Å²) < 4.78 is 0. The minimum absolute atomic E-state index is 0.164. The number of aromatic nitrogens is 1. The topological polar surface area (TPSA) is 45.2 Å². The molecule has 1 fully saturated rings. The molecule has 0 saturated heterocycles. The summed E-state index contributed by atoms with van der Waals surface area (Å²) in [5.74, 6) is 0. The Morgan fingerprint density at radius 3 is 2.75 bits per heavy atom. The predicted octanol–water partition coefficient (Wildman–Crippen LogP) is 2.15. The average Bonchev–Trinajstić information content (AvgIpc) is 2.56. The van der Waals surface area contributed by atoms with E-state index in [0.717, 1.165) is 36.5 Å². The number of nitrogens with one attached hydrogen (secondary N) is 1. The van der Waals surface area contributed by atoms with E-state index in [-0.39, 0.29) is 12.1 Å². The first-order valence-corrected chi connectivity index (χ1v) is 6.83. The van der Waals surface area contributed by atoms with E-state index in [1.807, 2.05) is 6.92 Å². The highest BCUT2D eigenvalue weighted by molar-refractivity contribution is 7.11. The number of nitrogens with zero attached hydrogens (tertiary/aromatic N) is 1. The third-order valence-electron chi connectivity index (χ3n) is 3.25. The van der Waals surface area contributed by atoms with Crippen molar-refractivity contribution in [3.8, 4) is 0 Å². The molecule has 1 aromatic rings. The molecule has 0 radical (unpaired) electrons. The van der Waals surface area contributed by atoms with Crippen LogP contribution in [0, 0.1) is 13.8 Å². The maximum Gasteiger partial charge on any atom is 0.0900 e. The Balaban J connectivity index is 1.89. The van der Waals surface area contributed by atoms with Gasteiger partial charge in [-0.05, 0) is 26.7 Å². The fourth-order valence-electron chi connectivity index (χ4n) is 2.31. The lowest BCUT2D eigenvalue weighted by Gasteiger charge is -2.28. The van der Waals surface area contributed by atoms with Gasteiger partial charge in [0, 0.05) is 17.5 Å². The first kappa shape index (κ1) is 12.0. The lowest BCUT2D eigenvalue weighted by Crippen LogP contribution is -2.41. The second kappa shape index (κ2) is 5.25. The summed E-state index contributed by atoms with van der Waals surface area (Å²) in [6, 6.07) is 0.274. The molecule has 0 spiro atoms. The van der Waals surface area contributed by atoms with E-state index < -0.39 is 0 Å². The molecule has 1 heterocycles. The highest BCUT2D eigenvalue weighted by atomic mass is 32.1. The fourth-order valence-corrected chi connectivity index (χ4v) is 3.20. The standard InChI is InChI=1S/C12H20N2OS/c1-8-12(16-9(2)14-8)7-13-10-5-3-4-6-11(10)15/h10-11,13,15H,3-7H2,1-2H3. The van der Waals surface area contributed by atoms with E-state index >= 15 is 0 Å². The van der Waals surface area contributed by atoms with Gasteiger partial charge >= 0.3 is 0 Å². The summed E-state index contributed by atoms with van der Waals surface area (Å²) in [7, 11) is 0. The number of hydrogen-bond donors (Lipinski definition) is 2. The summed E-state index contributed by atoms with van der Waals surface area (Å²) in [5.41, 5.74) is 1.13. The van der Waals surface area contributed by atoms with Gasteiger partial charge in [-0.1, -0.05) is 12.8 Å². The van der Waals surface area contributed by atoms with Crippen molar-refractivity contribution in [3.63, 3.8) is 0 Å². The first-order chi connectivity index (χ1) is 7.66. The summed E-state index contributed by atoms with van der Waals surface area (Å²) in [5, 5.41) is 14.4. The molecule has 2 unspecified atom stereocenters. The Bertz CT molecular complexity index is 351. The molecule has 1 aliphatic rings. The smallest absolute Gasteiger partial charge is 0.0900 e. The maximum absolute atomic E-state index is 9.85. The molecule has 90 valence electrons. The number of aryl methyl sites for hydroxylation is 2. The lowest BCUT2D eigenvalue weighted by atomic mass is 9.92. The van der Waals surface area contributed by atoms with Crippen LogP contribution in [0.15, 0.2) is 0 Å². The van der Waals surface area contributed by atoms with Gasteiger partial charge in [0.05, 0.1) is 16.8 Å². The zero-order valence-electron chi connectivity index (χ0n) is 9.99. The van der Waals surface area contributed by atoms with Gasteiger partial charge in [-0.3, -0.25) is 0 Å². The Kier molecular flexibility index (Phi) is 3.95. The maximum atomic E-state index is 9.85. The molecule has 0 amide bonds. The van der Waals surface area contributed by atoms with Crippen LogP contribution in [0.4, 0.5) is 0 Å². The van der Waals surface area contributed by atoms with Gasteiger partial charge in [0.1, 0.15) is 0 Å². The summed E-state index contributed by atoms with van der Waals surface area (Å²) in [6.45, 7) is 4.94. The van der Waals surface area contributed by atoms with Crippen LogP contribution in [-0.4, -0.2) is 22.2 Å². The van der Waals surface area contributed by atoms with Gasteiger partial charge in [-0.25, -0.2) is 4.98 Å². The van der Waals surface area contributed by atoms with Crippen molar-refractivity contribution in [1.29, 1.82) is 0 Å². The van der Waals surface area contributed by atoms with Gasteiger partial charge < -0.3 is 10.4 Å². The van der Waals surface area contributed by atoms with E-state index in [1.54, 1.807) is 11.3 Å². The third kappa shape index (κ3) is 2.81. The van der Waals surface area contributed by atoms with Crippen LogP contribution in [0.2, 0.25) is 0 Å². The molecule has 0 aromatic carbocycles. The summed E-state index contributed by atoms with van der Waals surface area (Å²) in [6.07, 6.45) is 4.27. The number of hydrogen-bond acceptors (Lipinski definition) is 4. The Morgan fingerprint density at radius 2 is 2.12 bits per heavy atom. The third-order valence-corrected chi connectivity index (χ3v) is 4.33. The highest BCUT2D eigenvalue weighted by Gasteiger charge is 2.22. The first-order valence-electron chi connectivity index (χ1n) is 6.01. The van der Waals surface area contributed by atoms with Gasteiger partial charge in [0.15, 0.2) is 0 Å². The Morgan fingerprint density at radius 1 is 1.38 bits per heavy atom. The highest BCUT2D eigenvalue weighted by Crippen LogP contribution is 2.21. The quantitative estimate of drug-likeness (QED) is 0.851. The molecule has 2 atom stereocenters. The molecular formula is C12H20N2OS.